The van der Waals surface area contributed by atoms with E-state index in [1.54, 1.807) is 11.3 Å². The van der Waals surface area contributed by atoms with Gasteiger partial charge in [0.25, 0.3) is 0 Å². The Kier molecular flexibility index (Phi) is 3.99. The van der Waals surface area contributed by atoms with Crippen molar-refractivity contribution in [1.82, 2.24) is 0 Å². The van der Waals surface area contributed by atoms with Gasteiger partial charge in [-0.3, -0.25) is 4.79 Å². The zero-order valence-corrected chi connectivity index (χ0v) is 11.3. The molecule has 1 heterocycles. The molecule has 2 rings (SSSR count). The SMILES string of the molecule is CC(=O)Nc1cccc(NCc2ccc(C)s2)c1. The van der Waals surface area contributed by atoms with Crippen LogP contribution in [0.5, 0.6) is 0 Å². The van der Waals surface area contributed by atoms with E-state index in [0.717, 1.165) is 17.9 Å². The molecular weight excluding hydrogens is 244 g/mol. The molecule has 18 heavy (non-hydrogen) atoms. The predicted octanol–water partition coefficient (Wildman–Crippen LogP) is 3.63. The fraction of sp³-hybridized carbons (Fsp3) is 0.214. The van der Waals surface area contributed by atoms with Crippen LogP contribution >= 0.6 is 11.3 Å². The number of nitrogens with one attached hydrogen (secondary N) is 2. The molecule has 0 aliphatic rings. The fourth-order valence-electron chi connectivity index (χ4n) is 1.68. The van der Waals surface area contributed by atoms with E-state index in [-0.39, 0.29) is 5.91 Å². The summed E-state index contributed by atoms with van der Waals surface area (Å²) in [6, 6.07) is 12.0. The Morgan fingerprint density at radius 3 is 2.67 bits per heavy atom. The lowest BCUT2D eigenvalue weighted by molar-refractivity contribution is -0.114. The highest BCUT2D eigenvalue weighted by molar-refractivity contribution is 7.11. The van der Waals surface area contributed by atoms with Crippen LogP contribution in [0.25, 0.3) is 0 Å². The van der Waals surface area contributed by atoms with E-state index in [1.165, 1.54) is 16.7 Å². The number of anilines is 2. The molecule has 1 amide bonds. The lowest BCUT2D eigenvalue weighted by atomic mass is 10.2. The average molecular weight is 260 g/mol. The number of hydrogen-bond donors (Lipinski definition) is 2. The minimum Gasteiger partial charge on any atom is -0.380 e. The van der Waals surface area contributed by atoms with Gasteiger partial charge in [0.05, 0.1) is 0 Å². The summed E-state index contributed by atoms with van der Waals surface area (Å²) in [6.45, 7) is 4.42. The van der Waals surface area contributed by atoms with Crippen LogP contribution in [0.4, 0.5) is 11.4 Å². The van der Waals surface area contributed by atoms with Crippen molar-refractivity contribution >= 4 is 28.6 Å². The molecule has 1 aromatic carbocycles. The zero-order valence-electron chi connectivity index (χ0n) is 10.5. The van der Waals surface area contributed by atoms with E-state index in [0.29, 0.717) is 0 Å². The van der Waals surface area contributed by atoms with E-state index in [9.17, 15) is 4.79 Å². The van der Waals surface area contributed by atoms with Gasteiger partial charge < -0.3 is 10.6 Å². The third-order valence-electron chi connectivity index (χ3n) is 2.45. The molecule has 3 nitrogen and oxygen atoms in total. The molecule has 0 spiro atoms. The lowest BCUT2D eigenvalue weighted by Crippen LogP contribution is -2.06. The maximum absolute atomic E-state index is 11.0. The first kappa shape index (κ1) is 12.6. The maximum atomic E-state index is 11.0. The van der Waals surface area contributed by atoms with Crippen LogP contribution in [0, 0.1) is 6.92 Å². The topological polar surface area (TPSA) is 41.1 Å². The summed E-state index contributed by atoms with van der Waals surface area (Å²) in [6.07, 6.45) is 0. The second-order valence-electron chi connectivity index (χ2n) is 4.13. The number of benzene rings is 1. The molecule has 94 valence electrons. The smallest absolute Gasteiger partial charge is 0.221 e. The Morgan fingerprint density at radius 2 is 2.00 bits per heavy atom. The molecular formula is C14H16N2OS. The normalized spacial score (nSPS) is 10.1. The summed E-state index contributed by atoms with van der Waals surface area (Å²) < 4.78 is 0. The average Bonchev–Trinajstić information content (AvgIpc) is 2.72. The van der Waals surface area contributed by atoms with Gasteiger partial charge >= 0.3 is 0 Å². The molecule has 0 radical (unpaired) electrons. The zero-order chi connectivity index (χ0) is 13.0. The van der Waals surface area contributed by atoms with Gasteiger partial charge in [0, 0.05) is 34.6 Å². The van der Waals surface area contributed by atoms with Gasteiger partial charge in [-0.25, -0.2) is 0 Å². The molecule has 0 saturated heterocycles. The van der Waals surface area contributed by atoms with Gasteiger partial charge in [0.15, 0.2) is 0 Å². The van der Waals surface area contributed by atoms with Crippen LogP contribution in [0.15, 0.2) is 36.4 Å². The summed E-state index contributed by atoms with van der Waals surface area (Å²) in [5.74, 6) is -0.0546. The van der Waals surface area contributed by atoms with E-state index >= 15 is 0 Å². The van der Waals surface area contributed by atoms with Crippen LogP contribution in [0.2, 0.25) is 0 Å². The Labute approximate surface area is 111 Å². The second-order valence-corrected chi connectivity index (χ2v) is 5.50. The second kappa shape index (κ2) is 5.69. The van der Waals surface area contributed by atoms with Crippen molar-refractivity contribution in [2.45, 2.75) is 20.4 Å². The van der Waals surface area contributed by atoms with Gasteiger partial charge in [0.1, 0.15) is 0 Å². The van der Waals surface area contributed by atoms with Crippen molar-refractivity contribution in [3.05, 3.63) is 46.2 Å². The van der Waals surface area contributed by atoms with Crippen molar-refractivity contribution in [2.24, 2.45) is 0 Å². The molecule has 0 unspecified atom stereocenters. The van der Waals surface area contributed by atoms with Gasteiger partial charge in [0.2, 0.25) is 5.91 Å². The van der Waals surface area contributed by atoms with Crippen molar-refractivity contribution in [1.29, 1.82) is 0 Å². The minimum absolute atomic E-state index is 0.0546. The highest BCUT2D eigenvalue weighted by Crippen LogP contribution is 2.19. The summed E-state index contributed by atoms with van der Waals surface area (Å²) in [7, 11) is 0. The number of hydrogen-bond acceptors (Lipinski definition) is 3. The first-order valence-corrected chi connectivity index (χ1v) is 6.62. The molecule has 0 saturated carbocycles. The largest absolute Gasteiger partial charge is 0.380 e. The lowest BCUT2D eigenvalue weighted by Gasteiger charge is -2.07. The van der Waals surface area contributed by atoms with Crippen LogP contribution in [-0.2, 0) is 11.3 Å². The monoisotopic (exact) mass is 260 g/mol. The number of aryl methyl sites for hydroxylation is 1. The van der Waals surface area contributed by atoms with Crippen molar-refractivity contribution in [3.63, 3.8) is 0 Å². The predicted molar refractivity (Wildman–Crippen MR) is 77.1 cm³/mol. The van der Waals surface area contributed by atoms with E-state index in [2.05, 4.69) is 29.7 Å². The fourth-order valence-corrected chi connectivity index (χ4v) is 2.51. The summed E-state index contributed by atoms with van der Waals surface area (Å²) in [5, 5.41) is 6.12. The summed E-state index contributed by atoms with van der Waals surface area (Å²) >= 11 is 1.79. The summed E-state index contributed by atoms with van der Waals surface area (Å²) in [4.78, 5) is 13.6. The molecule has 0 bridgehead atoms. The molecule has 2 aromatic rings. The van der Waals surface area contributed by atoms with Crippen molar-refractivity contribution in [3.8, 4) is 0 Å². The van der Waals surface area contributed by atoms with Gasteiger partial charge in [-0.2, -0.15) is 0 Å². The van der Waals surface area contributed by atoms with Crippen LogP contribution in [-0.4, -0.2) is 5.91 Å². The Balaban J connectivity index is 1.98. The van der Waals surface area contributed by atoms with E-state index in [4.69, 9.17) is 0 Å². The van der Waals surface area contributed by atoms with Crippen LogP contribution in [0.3, 0.4) is 0 Å². The Bertz CT molecular complexity index is 548. The van der Waals surface area contributed by atoms with Gasteiger partial charge in [-0.1, -0.05) is 6.07 Å². The van der Waals surface area contributed by atoms with Crippen molar-refractivity contribution < 1.29 is 4.79 Å². The third-order valence-corrected chi connectivity index (χ3v) is 3.45. The first-order chi connectivity index (χ1) is 8.63. The standard InChI is InChI=1S/C14H16N2OS/c1-10-6-7-14(18-10)9-15-12-4-3-5-13(8-12)16-11(2)17/h3-8,15H,9H2,1-2H3,(H,16,17). The quantitative estimate of drug-likeness (QED) is 0.881. The minimum atomic E-state index is -0.0546. The van der Waals surface area contributed by atoms with Gasteiger partial charge in [-0.05, 0) is 37.3 Å². The van der Waals surface area contributed by atoms with E-state index < -0.39 is 0 Å². The maximum Gasteiger partial charge on any atom is 0.221 e. The molecule has 0 aliphatic heterocycles. The Morgan fingerprint density at radius 1 is 1.22 bits per heavy atom. The molecule has 2 N–H and O–H groups in total. The van der Waals surface area contributed by atoms with Crippen molar-refractivity contribution in [2.75, 3.05) is 10.6 Å². The summed E-state index contributed by atoms with van der Waals surface area (Å²) in [5.41, 5.74) is 1.82. The highest BCUT2D eigenvalue weighted by atomic mass is 32.1. The number of rotatable bonds is 4. The first-order valence-electron chi connectivity index (χ1n) is 5.80. The van der Waals surface area contributed by atoms with Crippen LogP contribution < -0.4 is 10.6 Å². The molecule has 0 aliphatic carbocycles. The van der Waals surface area contributed by atoms with Crippen LogP contribution in [0.1, 0.15) is 16.7 Å². The molecule has 0 atom stereocenters. The molecule has 1 aromatic heterocycles. The van der Waals surface area contributed by atoms with Gasteiger partial charge in [-0.15, -0.1) is 11.3 Å². The molecule has 0 fully saturated rings. The number of thiophene rings is 1. The van der Waals surface area contributed by atoms with E-state index in [1.807, 2.05) is 24.3 Å². The number of carbonyl (C=O) groups is 1. The number of carbonyl (C=O) groups excluding carboxylic acids is 1. The number of amides is 1. The highest BCUT2D eigenvalue weighted by Gasteiger charge is 1.99. The molecule has 4 heteroatoms. The third kappa shape index (κ3) is 3.60. The Hall–Kier alpha value is -1.81.